The molecule has 1 aliphatic carbocycles. The lowest BCUT2D eigenvalue weighted by Gasteiger charge is -2.35. The van der Waals surface area contributed by atoms with Gasteiger partial charge in [-0.25, -0.2) is 0 Å². The fraction of sp³-hybridized carbons (Fsp3) is 0.200. The van der Waals surface area contributed by atoms with Crippen LogP contribution < -0.4 is 4.90 Å². The highest BCUT2D eigenvalue weighted by molar-refractivity contribution is 8.03. The average Bonchev–Trinajstić information content (AvgIpc) is 2.35. The molecule has 86 valence electrons. The van der Waals surface area contributed by atoms with E-state index in [1.54, 1.807) is 0 Å². The average molecular weight is 241 g/mol. The first kappa shape index (κ1) is 10.7. The number of hydrogen-bond donors (Lipinski definition) is 0. The van der Waals surface area contributed by atoms with Crippen molar-refractivity contribution in [3.05, 3.63) is 59.2 Å². The van der Waals surface area contributed by atoms with E-state index in [2.05, 4.69) is 54.8 Å². The van der Waals surface area contributed by atoms with Gasteiger partial charge in [0.1, 0.15) is 0 Å². The van der Waals surface area contributed by atoms with Crippen LogP contribution in [-0.4, -0.2) is 6.54 Å². The molecule has 0 atom stereocenters. The Morgan fingerprint density at radius 3 is 3.00 bits per heavy atom. The fourth-order valence-electron chi connectivity index (χ4n) is 2.33. The third-order valence-electron chi connectivity index (χ3n) is 3.13. The largest absolute Gasteiger partial charge is 0.340 e. The summed E-state index contributed by atoms with van der Waals surface area (Å²) < 4.78 is 0. The molecule has 0 saturated carbocycles. The molecule has 3 rings (SSSR count). The van der Waals surface area contributed by atoms with Crippen molar-refractivity contribution >= 4 is 17.4 Å². The zero-order valence-electron chi connectivity index (χ0n) is 9.94. The summed E-state index contributed by atoms with van der Waals surface area (Å²) in [6, 6.07) is 8.61. The highest BCUT2D eigenvalue weighted by Gasteiger charge is 2.25. The van der Waals surface area contributed by atoms with Crippen molar-refractivity contribution in [3.63, 3.8) is 0 Å². The first-order valence-corrected chi connectivity index (χ1v) is 6.75. The Bertz CT molecular complexity index is 540. The lowest BCUT2D eigenvalue weighted by atomic mass is 10.1. The van der Waals surface area contributed by atoms with Gasteiger partial charge in [0.15, 0.2) is 0 Å². The van der Waals surface area contributed by atoms with Crippen molar-refractivity contribution in [3.8, 4) is 0 Å². The van der Waals surface area contributed by atoms with Crippen LogP contribution in [0.1, 0.15) is 13.3 Å². The van der Waals surface area contributed by atoms with Crippen molar-refractivity contribution in [2.45, 2.75) is 18.2 Å². The molecule has 0 radical (unpaired) electrons. The normalized spacial score (nSPS) is 18.2. The Kier molecular flexibility index (Phi) is 2.60. The van der Waals surface area contributed by atoms with Gasteiger partial charge in [-0.2, -0.15) is 0 Å². The minimum atomic E-state index is 0.970. The second-order valence-corrected chi connectivity index (χ2v) is 5.36. The number of rotatable bonds is 1. The molecule has 0 N–H and O–H groups in total. The van der Waals surface area contributed by atoms with Gasteiger partial charge in [0.2, 0.25) is 0 Å². The van der Waals surface area contributed by atoms with E-state index in [0.717, 1.165) is 13.0 Å². The quantitative estimate of drug-likeness (QED) is 0.719. The molecule has 17 heavy (non-hydrogen) atoms. The summed E-state index contributed by atoms with van der Waals surface area (Å²) in [6.07, 6.45) is 5.49. The summed E-state index contributed by atoms with van der Waals surface area (Å²) in [4.78, 5) is 5.07. The molecule has 1 aliphatic heterocycles. The Hall–Kier alpha value is -1.41. The summed E-state index contributed by atoms with van der Waals surface area (Å²) >= 11 is 1.85. The van der Waals surface area contributed by atoms with Gasteiger partial charge in [0.25, 0.3) is 0 Å². The standard InChI is InChI=1S/C15H15NS/c1-3-16-12-6-4-5-7-14(12)17-15-10-11(2)8-9-13(15)16/h4-7,9-10H,2-3,8H2,1H3. The first-order valence-electron chi connectivity index (χ1n) is 5.94. The summed E-state index contributed by atoms with van der Waals surface area (Å²) in [7, 11) is 0. The van der Waals surface area contributed by atoms with E-state index < -0.39 is 0 Å². The lowest BCUT2D eigenvalue weighted by Crippen LogP contribution is -2.26. The van der Waals surface area contributed by atoms with Gasteiger partial charge in [-0.3, -0.25) is 0 Å². The van der Waals surface area contributed by atoms with Crippen molar-refractivity contribution in [2.24, 2.45) is 0 Å². The number of likely N-dealkylation sites (N-methyl/N-ethyl adjacent to an activating group) is 1. The predicted octanol–water partition coefficient (Wildman–Crippen LogP) is 4.35. The van der Waals surface area contributed by atoms with Crippen molar-refractivity contribution in [1.29, 1.82) is 0 Å². The number of para-hydroxylation sites is 1. The van der Waals surface area contributed by atoms with E-state index in [4.69, 9.17) is 0 Å². The minimum Gasteiger partial charge on any atom is -0.340 e. The highest BCUT2D eigenvalue weighted by atomic mass is 32.2. The third kappa shape index (κ3) is 1.73. The Morgan fingerprint density at radius 1 is 1.35 bits per heavy atom. The Morgan fingerprint density at radius 2 is 2.18 bits per heavy atom. The van der Waals surface area contributed by atoms with Crippen LogP contribution in [0.5, 0.6) is 0 Å². The Balaban J connectivity index is 2.14. The number of hydrogen-bond acceptors (Lipinski definition) is 2. The van der Waals surface area contributed by atoms with E-state index in [-0.39, 0.29) is 0 Å². The van der Waals surface area contributed by atoms with Crippen LogP contribution in [0.25, 0.3) is 0 Å². The van der Waals surface area contributed by atoms with E-state index in [1.165, 1.54) is 26.8 Å². The maximum Gasteiger partial charge on any atom is 0.0552 e. The van der Waals surface area contributed by atoms with E-state index >= 15 is 0 Å². The second kappa shape index (κ2) is 4.11. The highest BCUT2D eigenvalue weighted by Crippen LogP contribution is 2.47. The number of fused-ring (bicyclic) bond motifs is 2. The molecular weight excluding hydrogens is 226 g/mol. The van der Waals surface area contributed by atoms with Gasteiger partial charge in [0.05, 0.1) is 11.4 Å². The van der Waals surface area contributed by atoms with Crippen LogP contribution >= 0.6 is 11.8 Å². The van der Waals surface area contributed by atoms with Gasteiger partial charge in [-0.1, -0.05) is 42.1 Å². The van der Waals surface area contributed by atoms with Gasteiger partial charge >= 0.3 is 0 Å². The fourth-order valence-corrected chi connectivity index (χ4v) is 3.52. The van der Waals surface area contributed by atoms with E-state index in [0.29, 0.717) is 0 Å². The molecule has 1 nitrogen and oxygen atoms in total. The van der Waals surface area contributed by atoms with Crippen molar-refractivity contribution < 1.29 is 0 Å². The number of nitrogens with zero attached hydrogens (tertiary/aromatic N) is 1. The maximum absolute atomic E-state index is 4.06. The monoisotopic (exact) mass is 241 g/mol. The molecule has 2 heteroatoms. The molecule has 1 aromatic carbocycles. The Labute approximate surface area is 107 Å². The molecular formula is C15H15NS. The zero-order valence-corrected chi connectivity index (χ0v) is 10.8. The summed E-state index contributed by atoms with van der Waals surface area (Å²) in [5, 5.41) is 0. The van der Waals surface area contributed by atoms with Gasteiger partial charge < -0.3 is 4.90 Å². The molecule has 2 aliphatic rings. The molecule has 0 unspecified atom stereocenters. The molecule has 1 aromatic rings. The van der Waals surface area contributed by atoms with Gasteiger partial charge in [0, 0.05) is 16.3 Å². The molecule has 0 spiro atoms. The summed E-state index contributed by atoms with van der Waals surface area (Å²) in [5.74, 6) is 0. The SMILES string of the molecule is C=C1C=C2Sc3ccccc3N(CC)C2=CC1. The second-order valence-electron chi connectivity index (χ2n) is 4.27. The molecule has 0 fully saturated rings. The van der Waals surface area contributed by atoms with Gasteiger partial charge in [-0.15, -0.1) is 0 Å². The topological polar surface area (TPSA) is 3.24 Å². The van der Waals surface area contributed by atoms with Crippen molar-refractivity contribution in [2.75, 3.05) is 11.4 Å². The lowest BCUT2D eigenvalue weighted by molar-refractivity contribution is 0.936. The van der Waals surface area contributed by atoms with Crippen LogP contribution in [0, 0.1) is 0 Å². The maximum atomic E-state index is 4.06. The number of allylic oxidation sites excluding steroid dienone is 3. The van der Waals surface area contributed by atoms with Crippen LogP contribution in [0.3, 0.4) is 0 Å². The third-order valence-corrected chi connectivity index (χ3v) is 4.24. The summed E-state index contributed by atoms with van der Waals surface area (Å²) in [5.41, 5.74) is 3.88. The van der Waals surface area contributed by atoms with Crippen LogP contribution in [0.15, 0.2) is 64.1 Å². The molecule has 0 bridgehead atoms. The summed E-state index contributed by atoms with van der Waals surface area (Å²) in [6.45, 7) is 7.27. The van der Waals surface area contributed by atoms with E-state index in [1.807, 2.05) is 11.8 Å². The smallest absolute Gasteiger partial charge is 0.0552 e. The first-order chi connectivity index (χ1) is 8.29. The van der Waals surface area contributed by atoms with Gasteiger partial charge in [-0.05, 0) is 31.6 Å². The molecule has 0 amide bonds. The molecule has 0 aromatic heterocycles. The van der Waals surface area contributed by atoms with Crippen LogP contribution in [0.4, 0.5) is 5.69 Å². The van der Waals surface area contributed by atoms with Crippen molar-refractivity contribution in [1.82, 2.24) is 0 Å². The zero-order chi connectivity index (χ0) is 11.8. The number of benzene rings is 1. The number of thioether (sulfide) groups is 1. The number of anilines is 1. The molecule has 1 heterocycles. The molecule has 0 saturated heterocycles. The van der Waals surface area contributed by atoms with Crippen LogP contribution in [0.2, 0.25) is 0 Å². The van der Waals surface area contributed by atoms with E-state index in [9.17, 15) is 0 Å². The predicted molar refractivity (Wildman–Crippen MR) is 75.2 cm³/mol. The van der Waals surface area contributed by atoms with Crippen LogP contribution in [-0.2, 0) is 0 Å². The minimum absolute atomic E-state index is 0.970.